The first kappa shape index (κ1) is 11.2. The van der Waals surface area contributed by atoms with Gasteiger partial charge in [-0.05, 0) is 0 Å². The van der Waals surface area contributed by atoms with E-state index < -0.39 is 0 Å². The summed E-state index contributed by atoms with van der Waals surface area (Å²) >= 11 is 6.02. The number of carbonyl (C=O) groups excluding carboxylic acids is 1. The first-order valence-corrected chi connectivity index (χ1v) is 5.35. The quantitative estimate of drug-likeness (QED) is 0.353. The smallest absolute Gasteiger partial charge is 0.173 e. The summed E-state index contributed by atoms with van der Waals surface area (Å²) < 4.78 is 0.425. The lowest BCUT2D eigenvalue weighted by Gasteiger charge is -2.01. The maximum atomic E-state index is 11.5. The van der Waals surface area contributed by atoms with Gasteiger partial charge >= 0.3 is 0 Å². The number of rotatable bonds is 3. The number of thiocarbonyl (C=S) groups is 1. The van der Waals surface area contributed by atoms with Gasteiger partial charge in [0, 0.05) is 5.56 Å². The van der Waals surface area contributed by atoms with Gasteiger partial charge in [0.2, 0.25) is 0 Å². The third kappa shape index (κ3) is 3.45. The molecule has 0 amide bonds. The molecule has 0 aliphatic rings. The number of nitrogens with one attached hydrogen (secondary N) is 1. The zero-order valence-corrected chi connectivity index (χ0v) is 9.03. The standard InChI is InChI=1S/C9H10N2OS2/c10-11-9(13)14-6-8(12)7-4-2-1-3-5-7/h1-5H,6,10H2,(H,11,13). The Hall–Kier alpha value is -0.910. The van der Waals surface area contributed by atoms with E-state index in [0.717, 1.165) is 0 Å². The second-order valence-corrected chi connectivity index (χ2v) is 4.16. The number of hydrazine groups is 1. The molecule has 0 fully saturated rings. The van der Waals surface area contributed by atoms with Gasteiger partial charge in [-0.15, -0.1) is 0 Å². The predicted molar refractivity (Wildman–Crippen MR) is 63.2 cm³/mol. The van der Waals surface area contributed by atoms with Crippen LogP contribution < -0.4 is 11.3 Å². The van der Waals surface area contributed by atoms with Crippen molar-refractivity contribution >= 4 is 34.1 Å². The molecule has 1 rings (SSSR count). The van der Waals surface area contributed by atoms with Crippen molar-refractivity contribution in [2.75, 3.05) is 5.75 Å². The van der Waals surface area contributed by atoms with Crippen molar-refractivity contribution in [3.63, 3.8) is 0 Å². The van der Waals surface area contributed by atoms with Gasteiger partial charge in [0.1, 0.15) is 4.32 Å². The Morgan fingerprint density at radius 2 is 2.07 bits per heavy atom. The Morgan fingerprint density at radius 1 is 1.43 bits per heavy atom. The molecule has 0 bridgehead atoms. The minimum absolute atomic E-state index is 0.0493. The summed E-state index contributed by atoms with van der Waals surface area (Å²) in [7, 11) is 0. The largest absolute Gasteiger partial charge is 0.309 e. The highest BCUT2D eigenvalue weighted by Gasteiger charge is 2.05. The Balaban J connectivity index is 2.48. The van der Waals surface area contributed by atoms with Gasteiger partial charge in [-0.1, -0.05) is 54.3 Å². The number of nitrogens with two attached hydrogens (primary N) is 1. The van der Waals surface area contributed by atoms with E-state index in [-0.39, 0.29) is 5.78 Å². The van der Waals surface area contributed by atoms with E-state index in [2.05, 4.69) is 5.43 Å². The predicted octanol–water partition coefficient (Wildman–Crippen LogP) is 1.35. The molecule has 3 nitrogen and oxygen atoms in total. The van der Waals surface area contributed by atoms with Crippen LogP contribution in [0.15, 0.2) is 30.3 Å². The van der Waals surface area contributed by atoms with Crippen LogP contribution in [0.5, 0.6) is 0 Å². The summed E-state index contributed by atoms with van der Waals surface area (Å²) in [5.74, 6) is 5.44. The second kappa shape index (κ2) is 5.74. The van der Waals surface area contributed by atoms with E-state index in [1.54, 1.807) is 12.1 Å². The Labute approximate surface area is 92.0 Å². The molecule has 0 unspecified atom stereocenters. The van der Waals surface area contributed by atoms with Crippen molar-refractivity contribution < 1.29 is 4.79 Å². The maximum absolute atomic E-state index is 11.5. The molecule has 0 radical (unpaired) electrons. The molecule has 0 heterocycles. The lowest BCUT2D eigenvalue weighted by atomic mass is 10.2. The van der Waals surface area contributed by atoms with E-state index in [0.29, 0.717) is 15.6 Å². The normalized spacial score (nSPS) is 9.50. The van der Waals surface area contributed by atoms with Crippen LogP contribution in [-0.4, -0.2) is 15.9 Å². The van der Waals surface area contributed by atoms with Gasteiger partial charge in [-0.25, -0.2) is 5.84 Å². The minimum Gasteiger partial charge on any atom is -0.309 e. The molecule has 3 N–H and O–H groups in total. The summed E-state index contributed by atoms with van der Waals surface area (Å²) in [5.41, 5.74) is 3.01. The molecule has 0 aliphatic heterocycles. The average molecular weight is 226 g/mol. The summed E-state index contributed by atoms with van der Waals surface area (Å²) in [6.07, 6.45) is 0. The van der Waals surface area contributed by atoms with Crippen molar-refractivity contribution in [2.45, 2.75) is 0 Å². The molecular weight excluding hydrogens is 216 g/mol. The number of benzene rings is 1. The van der Waals surface area contributed by atoms with Crippen molar-refractivity contribution in [3.05, 3.63) is 35.9 Å². The van der Waals surface area contributed by atoms with Gasteiger partial charge in [0.15, 0.2) is 5.78 Å². The highest BCUT2D eigenvalue weighted by Crippen LogP contribution is 2.07. The first-order valence-electron chi connectivity index (χ1n) is 3.95. The lowest BCUT2D eigenvalue weighted by Crippen LogP contribution is -2.26. The SMILES string of the molecule is NNC(=S)SCC(=O)c1ccccc1. The van der Waals surface area contributed by atoms with Crippen LogP contribution in [0.1, 0.15) is 10.4 Å². The third-order valence-corrected chi connectivity index (χ3v) is 2.81. The molecule has 1 aromatic rings. The fourth-order valence-electron chi connectivity index (χ4n) is 0.880. The highest BCUT2D eigenvalue weighted by atomic mass is 32.2. The van der Waals surface area contributed by atoms with E-state index >= 15 is 0 Å². The van der Waals surface area contributed by atoms with Crippen molar-refractivity contribution in [3.8, 4) is 0 Å². The number of carbonyl (C=O) groups is 1. The van der Waals surface area contributed by atoms with Crippen LogP contribution in [0.25, 0.3) is 0 Å². The maximum Gasteiger partial charge on any atom is 0.173 e. The molecule has 0 atom stereocenters. The number of hydrogen-bond acceptors (Lipinski definition) is 4. The number of thioether (sulfide) groups is 1. The average Bonchev–Trinajstić information content (AvgIpc) is 2.26. The van der Waals surface area contributed by atoms with Crippen molar-refractivity contribution in [2.24, 2.45) is 5.84 Å². The van der Waals surface area contributed by atoms with Crippen LogP contribution in [0.2, 0.25) is 0 Å². The van der Waals surface area contributed by atoms with Gasteiger partial charge in [-0.2, -0.15) is 0 Å². The summed E-state index contributed by atoms with van der Waals surface area (Å²) in [6, 6.07) is 9.09. The molecule has 0 spiro atoms. The van der Waals surface area contributed by atoms with Gasteiger partial charge in [0.05, 0.1) is 5.75 Å². The van der Waals surface area contributed by atoms with Crippen LogP contribution in [0.3, 0.4) is 0 Å². The number of hydrogen-bond donors (Lipinski definition) is 2. The van der Waals surface area contributed by atoms with E-state index in [4.69, 9.17) is 18.1 Å². The molecule has 5 heteroatoms. The van der Waals surface area contributed by atoms with Crippen LogP contribution in [0, 0.1) is 0 Å². The summed E-state index contributed by atoms with van der Waals surface area (Å²) in [4.78, 5) is 11.5. The highest BCUT2D eigenvalue weighted by molar-refractivity contribution is 8.23. The molecule has 1 aromatic carbocycles. The Kier molecular flexibility index (Phi) is 4.58. The second-order valence-electron chi connectivity index (χ2n) is 2.51. The zero-order chi connectivity index (χ0) is 10.4. The molecule has 0 aromatic heterocycles. The summed E-state index contributed by atoms with van der Waals surface area (Å²) in [6.45, 7) is 0. The van der Waals surface area contributed by atoms with Crippen LogP contribution in [0.4, 0.5) is 0 Å². The molecule has 0 aliphatic carbocycles. The lowest BCUT2D eigenvalue weighted by molar-refractivity contribution is 0.102. The fourth-order valence-corrected chi connectivity index (χ4v) is 1.57. The van der Waals surface area contributed by atoms with E-state index in [1.165, 1.54) is 11.8 Å². The molecule has 0 saturated carbocycles. The molecule has 14 heavy (non-hydrogen) atoms. The zero-order valence-electron chi connectivity index (χ0n) is 7.40. The molecular formula is C9H10N2OS2. The van der Waals surface area contributed by atoms with Gasteiger partial charge in [-0.3, -0.25) is 4.79 Å². The van der Waals surface area contributed by atoms with Gasteiger partial charge < -0.3 is 5.43 Å². The Morgan fingerprint density at radius 3 is 2.64 bits per heavy atom. The molecule has 0 saturated heterocycles. The van der Waals surface area contributed by atoms with E-state index in [1.807, 2.05) is 18.2 Å². The Bertz CT molecular complexity index is 327. The van der Waals surface area contributed by atoms with E-state index in [9.17, 15) is 4.79 Å². The first-order chi connectivity index (χ1) is 6.74. The van der Waals surface area contributed by atoms with Gasteiger partial charge in [0.25, 0.3) is 0 Å². The fraction of sp³-hybridized carbons (Fsp3) is 0.111. The molecule has 74 valence electrons. The van der Waals surface area contributed by atoms with Crippen LogP contribution >= 0.6 is 24.0 Å². The topological polar surface area (TPSA) is 55.1 Å². The third-order valence-electron chi connectivity index (χ3n) is 1.55. The van der Waals surface area contributed by atoms with Crippen LogP contribution in [-0.2, 0) is 0 Å². The van der Waals surface area contributed by atoms with Crippen molar-refractivity contribution in [1.82, 2.24) is 5.43 Å². The number of Topliss-reactive ketones (excluding diaryl/α,β-unsaturated/α-hetero) is 1. The minimum atomic E-state index is 0.0493. The van der Waals surface area contributed by atoms with Crippen molar-refractivity contribution in [1.29, 1.82) is 0 Å². The number of ketones is 1. The monoisotopic (exact) mass is 226 g/mol. The summed E-state index contributed by atoms with van der Waals surface area (Å²) in [5, 5.41) is 0.